The van der Waals surface area contributed by atoms with E-state index in [4.69, 9.17) is 9.47 Å². The zero-order valence-electron chi connectivity index (χ0n) is 20.3. The summed E-state index contributed by atoms with van der Waals surface area (Å²) in [6.45, 7) is 4.19. The van der Waals surface area contributed by atoms with Crippen LogP contribution in [0.2, 0.25) is 0 Å². The van der Waals surface area contributed by atoms with Crippen molar-refractivity contribution in [3.8, 4) is 11.1 Å². The zero-order valence-corrected chi connectivity index (χ0v) is 20.3. The molecule has 0 spiro atoms. The number of aliphatic carboxylic acids is 1. The number of rotatable bonds is 8. The maximum absolute atomic E-state index is 13.2. The van der Waals surface area contributed by atoms with E-state index in [9.17, 15) is 19.5 Å². The van der Waals surface area contributed by atoms with E-state index in [1.54, 1.807) is 0 Å². The first-order valence-electron chi connectivity index (χ1n) is 11.9. The third kappa shape index (κ3) is 4.75. The number of nitrogens with one attached hydrogen (secondary N) is 1. The van der Waals surface area contributed by atoms with Gasteiger partial charge in [0.25, 0.3) is 0 Å². The molecule has 2 aliphatic rings. The van der Waals surface area contributed by atoms with E-state index in [1.165, 1.54) is 12.0 Å². The standard InChI is InChI=1S/C27H32N2O6/c1-17(2)23(24(30)29-13-12-27(15-29,16-34-3)25(31)32)28-26(33)35-14-22-20-10-6-4-8-18(20)19-9-5-7-11-21(19)22/h4-11,17,22-23H,12-16H2,1-3H3,(H,28,33)(H,31,32)/t23-,27?/m1/s1. The van der Waals surface area contributed by atoms with Gasteiger partial charge in [0.05, 0.1) is 6.61 Å². The fraction of sp³-hybridized carbons (Fsp3) is 0.444. The Morgan fingerprint density at radius 2 is 1.69 bits per heavy atom. The van der Waals surface area contributed by atoms with Gasteiger partial charge < -0.3 is 24.8 Å². The van der Waals surface area contributed by atoms with Crippen LogP contribution in [-0.4, -0.2) is 67.4 Å². The highest BCUT2D eigenvalue weighted by molar-refractivity contribution is 5.87. The summed E-state index contributed by atoms with van der Waals surface area (Å²) in [5.41, 5.74) is 3.37. The van der Waals surface area contributed by atoms with Crippen LogP contribution in [0, 0.1) is 11.3 Å². The number of carbonyl (C=O) groups excluding carboxylic acids is 2. The highest BCUT2D eigenvalue weighted by atomic mass is 16.5. The molecule has 2 atom stereocenters. The third-order valence-electron chi connectivity index (χ3n) is 7.09. The molecule has 0 aromatic heterocycles. The number of ether oxygens (including phenoxy) is 2. The number of likely N-dealkylation sites (tertiary alicyclic amines) is 1. The van der Waals surface area contributed by atoms with Crippen molar-refractivity contribution >= 4 is 18.0 Å². The van der Waals surface area contributed by atoms with Gasteiger partial charge in [0.2, 0.25) is 5.91 Å². The second-order valence-electron chi connectivity index (χ2n) is 9.72. The average Bonchev–Trinajstić information content (AvgIpc) is 3.41. The van der Waals surface area contributed by atoms with E-state index in [-0.39, 0.29) is 37.5 Å². The van der Waals surface area contributed by atoms with Crippen LogP contribution >= 0.6 is 0 Å². The molecule has 0 saturated carbocycles. The second kappa shape index (κ2) is 10.1. The molecule has 1 heterocycles. The van der Waals surface area contributed by atoms with Gasteiger partial charge in [-0.25, -0.2) is 4.79 Å². The number of benzene rings is 2. The molecule has 2 aromatic rings. The van der Waals surface area contributed by atoms with Crippen LogP contribution in [0.1, 0.15) is 37.3 Å². The van der Waals surface area contributed by atoms with Gasteiger partial charge >= 0.3 is 12.1 Å². The molecule has 8 heteroatoms. The van der Waals surface area contributed by atoms with Crippen LogP contribution in [0.4, 0.5) is 4.79 Å². The van der Waals surface area contributed by atoms with Gasteiger partial charge in [-0.3, -0.25) is 9.59 Å². The minimum atomic E-state index is -1.13. The molecule has 1 unspecified atom stereocenters. The number of alkyl carbamates (subject to hydrolysis) is 1. The van der Waals surface area contributed by atoms with E-state index < -0.39 is 23.5 Å². The summed E-state index contributed by atoms with van der Waals surface area (Å²) in [6, 6.07) is 15.3. The molecule has 1 saturated heterocycles. The Morgan fingerprint density at radius 3 is 2.23 bits per heavy atom. The van der Waals surface area contributed by atoms with Crippen molar-refractivity contribution in [1.29, 1.82) is 0 Å². The lowest BCUT2D eigenvalue weighted by molar-refractivity contribution is -0.151. The highest BCUT2D eigenvalue weighted by Crippen LogP contribution is 2.44. The summed E-state index contributed by atoms with van der Waals surface area (Å²) >= 11 is 0. The van der Waals surface area contributed by atoms with Gasteiger partial charge in [0.15, 0.2) is 0 Å². The lowest BCUT2D eigenvalue weighted by Crippen LogP contribution is -2.52. The summed E-state index contributed by atoms with van der Waals surface area (Å²) in [5.74, 6) is -1.58. The Morgan fingerprint density at radius 1 is 1.09 bits per heavy atom. The summed E-state index contributed by atoms with van der Waals surface area (Å²) in [5, 5.41) is 12.4. The quantitative estimate of drug-likeness (QED) is 0.599. The van der Waals surface area contributed by atoms with E-state index in [1.807, 2.05) is 50.2 Å². The third-order valence-corrected chi connectivity index (χ3v) is 7.09. The first-order chi connectivity index (χ1) is 16.8. The first kappa shape index (κ1) is 24.7. The summed E-state index contributed by atoms with van der Waals surface area (Å²) in [7, 11) is 1.45. The van der Waals surface area contributed by atoms with E-state index >= 15 is 0 Å². The molecule has 1 aliphatic heterocycles. The second-order valence-corrected chi connectivity index (χ2v) is 9.72. The van der Waals surface area contributed by atoms with Crippen LogP contribution < -0.4 is 5.32 Å². The minimum absolute atomic E-state index is 0.0261. The maximum Gasteiger partial charge on any atom is 0.407 e. The Hall–Kier alpha value is -3.39. The monoisotopic (exact) mass is 480 g/mol. The van der Waals surface area contributed by atoms with E-state index in [0.717, 1.165) is 22.3 Å². The maximum atomic E-state index is 13.2. The predicted octanol–water partition coefficient (Wildman–Crippen LogP) is 3.50. The number of carbonyl (C=O) groups is 3. The van der Waals surface area contributed by atoms with E-state index in [0.29, 0.717) is 13.0 Å². The highest BCUT2D eigenvalue weighted by Gasteiger charge is 2.47. The molecule has 8 nitrogen and oxygen atoms in total. The normalized spacial score (nSPS) is 19.8. The van der Waals surface area contributed by atoms with Gasteiger partial charge in [-0.1, -0.05) is 62.4 Å². The Bertz CT molecular complexity index is 1070. The number of carboxylic acid groups (broad SMARTS) is 1. The van der Waals surface area contributed by atoms with Crippen molar-refractivity contribution in [2.45, 2.75) is 32.2 Å². The summed E-state index contributed by atoms with van der Waals surface area (Å²) in [6.07, 6.45) is -0.364. The molecule has 4 rings (SSSR count). The molecule has 1 fully saturated rings. The van der Waals surface area contributed by atoms with Crippen molar-refractivity contribution in [3.05, 3.63) is 59.7 Å². The Labute approximate surface area is 205 Å². The number of methoxy groups -OCH3 is 1. The van der Waals surface area contributed by atoms with Gasteiger partial charge in [0, 0.05) is 26.1 Å². The number of carboxylic acids is 1. The topological polar surface area (TPSA) is 105 Å². The van der Waals surface area contributed by atoms with Crippen molar-refractivity contribution in [2.24, 2.45) is 11.3 Å². The van der Waals surface area contributed by atoms with Crippen molar-refractivity contribution < 1.29 is 29.0 Å². The summed E-state index contributed by atoms with van der Waals surface area (Å²) in [4.78, 5) is 39.4. The molecule has 2 amide bonds. The van der Waals surface area contributed by atoms with Crippen LogP contribution in [0.3, 0.4) is 0 Å². The molecule has 0 bridgehead atoms. The molecular weight excluding hydrogens is 448 g/mol. The predicted molar refractivity (Wildman–Crippen MR) is 130 cm³/mol. The smallest absolute Gasteiger partial charge is 0.407 e. The lowest BCUT2D eigenvalue weighted by Gasteiger charge is -2.28. The van der Waals surface area contributed by atoms with Crippen LogP contribution in [0.15, 0.2) is 48.5 Å². The molecule has 2 aromatic carbocycles. The SMILES string of the molecule is COCC1(C(=O)O)CCN(C(=O)[C@H](NC(=O)OCC2c3ccccc3-c3ccccc32)C(C)C)C1. The average molecular weight is 481 g/mol. The van der Waals surface area contributed by atoms with Crippen molar-refractivity contribution in [2.75, 3.05) is 33.4 Å². The van der Waals surface area contributed by atoms with E-state index in [2.05, 4.69) is 17.4 Å². The van der Waals surface area contributed by atoms with Gasteiger partial charge in [-0.05, 0) is 34.6 Å². The van der Waals surface area contributed by atoms with Crippen LogP contribution in [-0.2, 0) is 19.1 Å². The van der Waals surface area contributed by atoms with Gasteiger partial charge in [-0.15, -0.1) is 0 Å². The number of amides is 2. The fourth-order valence-electron chi connectivity index (χ4n) is 5.17. The van der Waals surface area contributed by atoms with Crippen molar-refractivity contribution in [1.82, 2.24) is 10.2 Å². The molecule has 35 heavy (non-hydrogen) atoms. The van der Waals surface area contributed by atoms with Crippen LogP contribution in [0.5, 0.6) is 0 Å². The molecular formula is C27H32N2O6. The molecule has 0 radical (unpaired) electrons. The molecule has 2 N–H and O–H groups in total. The Kier molecular flexibility index (Phi) is 7.12. The minimum Gasteiger partial charge on any atom is -0.481 e. The lowest BCUT2D eigenvalue weighted by atomic mass is 9.88. The first-order valence-corrected chi connectivity index (χ1v) is 11.9. The fourth-order valence-corrected chi connectivity index (χ4v) is 5.17. The number of fused-ring (bicyclic) bond motifs is 3. The number of nitrogens with zero attached hydrogens (tertiary/aromatic N) is 1. The summed E-state index contributed by atoms with van der Waals surface area (Å²) < 4.78 is 10.7. The largest absolute Gasteiger partial charge is 0.481 e. The van der Waals surface area contributed by atoms with Crippen molar-refractivity contribution in [3.63, 3.8) is 0 Å². The molecule has 186 valence electrons. The molecule has 1 aliphatic carbocycles. The zero-order chi connectivity index (χ0) is 25.2. The Balaban J connectivity index is 1.41. The number of hydrogen-bond donors (Lipinski definition) is 2. The number of hydrogen-bond acceptors (Lipinski definition) is 5. The van der Waals surface area contributed by atoms with Gasteiger partial charge in [0.1, 0.15) is 18.1 Å². The van der Waals surface area contributed by atoms with Gasteiger partial charge in [-0.2, -0.15) is 0 Å². The van der Waals surface area contributed by atoms with Crippen LogP contribution in [0.25, 0.3) is 11.1 Å².